The molecule has 1 aliphatic heterocycles. The summed E-state index contributed by atoms with van der Waals surface area (Å²) >= 11 is 0. The molecule has 0 amide bonds. The Morgan fingerprint density at radius 1 is 1.08 bits per heavy atom. The second-order valence-electron chi connectivity index (χ2n) is 7.03. The number of benzene rings is 1. The number of nitrogens with one attached hydrogen (secondary N) is 1. The number of fused-ring (bicyclic) bond motifs is 1. The third kappa shape index (κ3) is 3.32. The molecule has 4 heteroatoms. The molecule has 0 atom stereocenters. The smallest absolute Gasteiger partial charge is 0.137 e. The van der Waals surface area contributed by atoms with Gasteiger partial charge in [-0.15, -0.1) is 0 Å². The van der Waals surface area contributed by atoms with Gasteiger partial charge in [0.15, 0.2) is 0 Å². The van der Waals surface area contributed by atoms with Crippen LogP contribution in [-0.2, 0) is 6.54 Å². The van der Waals surface area contributed by atoms with E-state index in [-0.39, 0.29) is 0 Å². The Bertz CT molecular complexity index is 873. The van der Waals surface area contributed by atoms with Crippen LogP contribution < -0.4 is 5.32 Å². The van der Waals surface area contributed by atoms with Crippen LogP contribution in [0.15, 0.2) is 42.6 Å². The highest BCUT2D eigenvalue weighted by atomic mass is 15.2. The molecule has 25 heavy (non-hydrogen) atoms. The van der Waals surface area contributed by atoms with E-state index in [2.05, 4.69) is 71.1 Å². The van der Waals surface area contributed by atoms with Gasteiger partial charge < -0.3 is 9.72 Å². The lowest BCUT2D eigenvalue weighted by Gasteiger charge is -2.20. The van der Waals surface area contributed by atoms with Crippen molar-refractivity contribution in [1.82, 2.24) is 19.6 Å². The first kappa shape index (κ1) is 16.3. The van der Waals surface area contributed by atoms with Crippen molar-refractivity contribution >= 4 is 5.65 Å². The predicted octanol–water partition coefficient (Wildman–Crippen LogP) is 3.41. The average molecular weight is 334 g/mol. The van der Waals surface area contributed by atoms with Gasteiger partial charge in [0.2, 0.25) is 0 Å². The zero-order chi connectivity index (χ0) is 17.2. The minimum absolute atomic E-state index is 0.940. The van der Waals surface area contributed by atoms with Crippen molar-refractivity contribution in [1.29, 1.82) is 0 Å². The fourth-order valence-corrected chi connectivity index (χ4v) is 3.76. The van der Waals surface area contributed by atoms with Crippen molar-refractivity contribution in [3.63, 3.8) is 0 Å². The van der Waals surface area contributed by atoms with Gasteiger partial charge in [-0.25, -0.2) is 4.98 Å². The lowest BCUT2D eigenvalue weighted by molar-refractivity contribution is 0.281. The van der Waals surface area contributed by atoms with E-state index in [1.54, 1.807) is 0 Å². The van der Waals surface area contributed by atoms with Gasteiger partial charge in [-0.3, -0.25) is 4.90 Å². The first-order valence-corrected chi connectivity index (χ1v) is 9.19. The molecule has 2 aromatic heterocycles. The molecule has 0 unspecified atom stereocenters. The minimum Gasteiger partial charge on any atom is -0.315 e. The van der Waals surface area contributed by atoms with Crippen molar-refractivity contribution in [2.45, 2.75) is 26.8 Å². The summed E-state index contributed by atoms with van der Waals surface area (Å²) in [6.45, 7) is 9.68. The second-order valence-corrected chi connectivity index (χ2v) is 7.03. The van der Waals surface area contributed by atoms with Crippen molar-refractivity contribution in [2.24, 2.45) is 0 Å². The summed E-state index contributed by atoms with van der Waals surface area (Å²) in [7, 11) is 0. The summed E-state index contributed by atoms with van der Waals surface area (Å²) in [5.74, 6) is 0. The van der Waals surface area contributed by atoms with E-state index >= 15 is 0 Å². The van der Waals surface area contributed by atoms with Crippen molar-refractivity contribution < 1.29 is 0 Å². The van der Waals surface area contributed by atoms with Crippen LogP contribution in [0, 0.1) is 13.8 Å². The number of hydrogen-bond acceptors (Lipinski definition) is 3. The standard InChI is InChI=1S/C21H26N4/c1-16-7-8-18(17(2)14-16)21-19(15-24-11-5-9-22-10-13-24)25-12-4-3-6-20(25)23-21/h3-4,6-8,12,14,22H,5,9-11,13,15H2,1-2H3. The van der Waals surface area contributed by atoms with E-state index in [1.165, 1.54) is 28.8 Å². The third-order valence-electron chi connectivity index (χ3n) is 5.07. The molecule has 1 saturated heterocycles. The van der Waals surface area contributed by atoms with Crippen LogP contribution in [0.4, 0.5) is 0 Å². The molecule has 1 N–H and O–H groups in total. The first-order chi connectivity index (χ1) is 12.2. The van der Waals surface area contributed by atoms with E-state index in [0.717, 1.165) is 44.1 Å². The van der Waals surface area contributed by atoms with Crippen LogP contribution in [0.2, 0.25) is 0 Å². The van der Waals surface area contributed by atoms with Gasteiger partial charge in [0, 0.05) is 31.4 Å². The molecule has 1 aromatic carbocycles. The SMILES string of the molecule is Cc1ccc(-c2nc3ccccn3c2CN2CCCNCC2)c(C)c1. The largest absolute Gasteiger partial charge is 0.315 e. The highest BCUT2D eigenvalue weighted by molar-refractivity contribution is 5.70. The van der Waals surface area contributed by atoms with Crippen LogP contribution in [-0.4, -0.2) is 40.5 Å². The highest BCUT2D eigenvalue weighted by Gasteiger charge is 2.19. The molecule has 4 nitrogen and oxygen atoms in total. The van der Waals surface area contributed by atoms with E-state index in [4.69, 9.17) is 4.98 Å². The van der Waals surface area contributed by atoms with Gasteiger partial charge in [0.25, 0.3) is 0 Å². The summed E-state index contributed by atoms with van der Waals surface area (Å²) in [6.07, 6.45) is 3.34. The Labute approximate surface area is 149 Å². The molecular formula is C21H26N4. The Balaban J connectivity index is 1.80. The van der Waals surface area contributed by atoms with E-state index in [9.17, 15) is 0 Å². The maximum Gasteiger partial charge on any atom is 0.137 e. The van der Waals surface area contributed by atoms with Crippen LogP contribution in [0.5, 0.6) is 0 Å². The van der Waals surface area contributed by atoms with Crippen LogP contribution in [0.3, 0.4) is 0 Å². The van der Waals surface area contributed by atoms with E-state index in [1.807, 2.05) is 0 Å². The number of imidazole rings is 1. The summed E-state index contributed by atoms with van der Waals surface area (Å²) in [6, 6.07) is 12.9. The Hall–Kier alpha value is -2.17. The second kappa shape index (κ2) is 6.98. The molecule has 1 fully saturated rings. The molecule has 3 heterocycles. The first-order valence-electron chi connectivity index (χ1n) is 9.19. The Kier molecular flexibility index (Phi) is 4.55. The van der Waals surface area contributed by atoms with E-state index in [0.29, 0.717) is 0 Å². The fraction of sp³-hybridized carbons (Fsp3) is 0.381. The molecule has 0 spiro atoms. The number of aromatic nitrogens is 2. The lowest BCUT2D eigenvalue weighted by atomic mass is 10.0. The Morgan fingerprint density at radius 3 is 2.88 bits per heavy atom. The minimum atomic E-state index is 0.940. The fourth-order valence-electron chi connectivity index (χ4n) is 3.76. The summed E-state index contributed by atoms with van der Waals surface area (Å²) in [4.78, 5) is 7.53. The van der Waals surface area contributed by atoms with Gasteiger partial charge in [0.05, 0.1) is 11.4 Å². The van der Waals surface area contributed by atoms with Crippen molar-refractivity contribution in [3.8, 4) is 11.3 Å². The van der Waals surface area contributed by atoms with Gasteiger partial charge in [0.1, 0.15) is 5.65 Å². The van der Waals surface area contributed by atoms with Gasteiger partial charge in [-0.2, -0.15) is 0 Å². The molecule has 1 aliphatic rings. The maximum absolute atomic E-state index is 4.98. The number of rotatable bonds is 3. The van der Waals surface area contributed by atoms with Crippen LogP contribution >= 0.6 is 0 Å². The zero-order valence-corrected chi connectivity index (χ0v) is 15.1. The molecular weight excluding hydrogens is 308 g/mol. The van der Waals surface area contributed by atoms with Gasteiger partial charge in [-0.1, -0.05) is 29.8 Å². The number of nitrogens with zero attached hydrogens (tertiary/aromatic N) is 3. The molecule has 130 valence electrons. The molecule has 0 bridgehead atoms. The lowest BCUT2D eigenvalue weighted by Crippen LogP contribution is -2.28. The quantitative estimate of drug-likeness (QED) is 0.797. The molecule has 3 aromatic rings. The third-order valence-corrected chi connectivity index (χ3v) is 5.07. The zero-order valence-electron chi connectivity index (χ0n) is 15.1. The van der Waals surface area contributed by atoms with Crippen molar-refractivity contribution in [3.05, 3.63) is 59.4 Å². The highest BCUT2D eigenvalue weighted by Crippen LogP contribution is 2.29. The van der Waals surface area contributed by atoms with Crippen molar-refractivity contribution in [2.75, 3.05) is 26.2 Å². The van der Waals surface area contributed by atoms with Gasteiger partial charge in [-0.05, 0) is 51.1 Å². The Morgan fingerprint density at radius 2 is 2.00 bits per heavy atom. The number of pyridine rings is 1. The average Bonchev–Trinajstić information content (AvgIpc) is 2.78. The number of hydrogen-bond donors (Lipinski definition) is 1. The molecule has 0 saturated carbocycles. The molecule has 4 rings (SSSR count). The summed E-state index contributed by atoms with van der Waals surface area (Å²) in [5, 5.41) is 3.49. The maximum atomic E-state index is 4.98. The van der Waals surface area contributed by atoms with Crippen LogP contribution in [0.25, 0.3) is 16.9 Å². The van der Waals surface area contributed by atoms with Gasteiger partial charge >= 0.3 is 0 Å². The summed E-state index contributed by atoms with van der Waals surface area (Å²) in [5.41, 5.74) is 7.29. The monoisotopic (exact) mass is 334 g/mol. The summed E-state index contributed by atoms with van der Waals surface area (Å²) < 4.78 is 2.26. The normalized spacial score (nSPS) is 16.2. The molecule has 0 radical (unpaired) electrons. The topological polar surface area (TPSA) is 32.6 Å². The van der Waals surface area contributed by atoms with Crippen LogP contribution in [0.1, 0.15) is 23.2 Å². The number of aryl methyl sites for hydroxylation is 2. The van der Waals surface area contributed by atoms with E-state index < -0.39 is 0 Å². The predicted molar refractivity (Wildman–Crippen MR) is 103 cm³/mol. The molecule has 0 aliphatic carbocycles.